The number of carbonyl (C=O) groups is 1. The Bertz CT molecular complexity index is 516. The normalized spacial score (nSPS) is 11.2. The molecule has 5 nitrogen and oxygen atoms in total. The summed E-state index contributed by atoms with van der Waals surface area (Å²) in [5, 5.41) is 0.165. The molecule has 0 aliphatic carbocycles. The molecule has 0 aromatic heterocycles. The lowest BCUT2D eigenvalue weighted by molar-refractivity contribution is -0.140. The van der Waals surface area contributed by atoms with E-state index in [0.29, 0.717) is 6.42 Å². The van der Waals surface area contributed by atoms with E-state index >= 15 is 0 Å². The van der Waals surface area contributed by atoms with E-state index in [1.807, 2.05) is 0 Å². The monoisotopic (exact) mass is 291 g/mol. The predicted octanol–water partition coefficient (Wildman–Crippen LogP) is 1.57. The van der Waals surface area contributed by atoms with Crippen molar-refractivity contribution < 1.29 is 17.9 Å². The summed E-state index contributed by atoms with van der Waals surface area (Å²) in [5.74, 6) is -0.369. The molecule has 1 aromatic carbocycles. The van der Waals surface area contributed by atoms with Crippen molar-refractivity contribution in [1.29, 1.82) is 0 Å². The predicted molar refractivity (Wildman–Crippen MR) is 67.9 cm³/mol. The first-order valence-electron chi connectivity index (χ1n) is 5.28. The number of benzene rings is 1. The van der Waals surface area contributed by atoms with E-state index in [9.17, 15) is 13.2 Å². The minimum absolute atomic E-state index is 0.0322. The maximum atomic E-state index is 11.9. The van der Waals surface area contributed by atoms with E-state index in [1.54, 1.807) is 12.1 Å². The summed E-state index contributed by atoms with van der Waals surface area (Å²) in [6.07, 6.45) is 0.540. The number of nitrogens with one attached hydrogen (secondary N) is 1. The number of ether oxygens (including phenoxy) is 1. The highest BCUT2D eigenvalue weighted by atomic mass is 35.5. The summed E-state index contributed by atoms with van der Waals surface area (Å²) in [4.78, 5) is 10.9. The summed E-state index contributed by atoms with van der Waals surface area (Å²) in [6, 6.07) is 6.17. The Labute approximate surface area is 111 Å². The van der Waals surface area contributed by atoms with Crippen LogP contribution in [0.15, 0.2) is 29.2 Å². The van der Waals surface area contributed by atoms with Gasteiger partial charge < -0.3 is 4.74 Å². The van der Waals surface area contributed by atoms with Crippen molar-refractivity contribution >= 4 is 27.6 Å². The van der Waals surface area contributed by atoms with Crippen molar-refractivity contribution in [3.8, 4) is 0 Å². The molecule has 1 N–H and O–H groups in total. The van der Waals surface area contributed by atoms with Crippen molar-refractivity contribution in [2.24, 2.45) is 0 Å². The molecule has 0 bridgehead atoms. The molecule has 0 spiro atoms. The van der Waals surface area contributed by atoms with Gasteiger partial charge in [-0.3, -0.25) is 4.79 Å². The average molecular weight is 292 g/mol. The number of halogens is 1. The van der Waals surface area contributed by atoms with Crippen LogP contribution in [0.5, 0.6) is 0 Å². The van der Waals surface area contributed by atoms with E-state index < -0.39 is 10.0 Å². The minimum atomic E-state index is -3.63. The first-order chi connectivity index (χ1) is 8.47. The van der Waals surface area contributed by atoms with Gasteiger partial charge in [-0.2, -0.15) is 0 Å². The molecule has 1 aromatic rings. The third kappa shape index (κ3) is 4.29. The van der Waals surface area contributed by atoms with Gasteiger partial charge in [0.15, 0.2) is 0 Å². The fourth-order valence-electron chi connectivity index (χ4n) is 1.28. The SMILES string of the molecule is COC(=O)CCCNS(=O)(=O)c1ccccc1Cl. The van der Waals surface area contributed by atoms with Gasteiger partial charge in [0.25, 0.3) is 0 Å². The Kier molecular flexibility index (Phi) is 5.58. The summed E-state index contributed by atoms with van der Waals surface area (Å²) < 4.78 is 30.5. The highest BCUT2D eigenvalue weighted by molar-refractivity contribution is 7.89. The molecule has 0 saturated heterocycles. The van der Waals surface area contributed by atoms with Gasteiger partial charge in [0.2, 0.25) is 10.0 Å². The summed E-state index contributed by atoms with van der Waals surface area (Å²) in [5.41, 5.74) is 0. The van der Waals surface area contributed by atoms with Crippen LogP contribution in [0, 0.1) is 0 Å². The molecular formula is C11H14ClNO4S. The van der Waals surface area contributed by atoms with Crippen molar-refractivity contribution in [1.82, 2.24) is 4.72 Å². The second-order valence-corrected chi connectivity index (χ2v) is 5.65. The maximum absolute atomic E-state index is 11.9. The first kappa shape index (κ1) is 14.9. The zero-order valence-corrected chi connectivity index (χ0v) is 11.4. The number of esters is 1. The third-order valence-electron chi connectivity index (χ3n) is 2.20. The highest BCUT2D eigenvalue weighted by Gasteiger charge is 2.16. The van der Waals surface area contributed by atoms with Crippen LogP contribution in [0.2, 0.25) is 5.02 Å². The fraction of sp³-hybridized carbons (Fsp3) is 0.364. The third-order valence-corrected chi connectivity index (χ3v) is 4.16. The lowest BCUT2D eigenvalue weighted by Gasteiger charge is -2.07. The van der Waals surface area contributed by atoms with E-state index in [-0.39, 0.29) is 28.9 Å². The van der Waals surface area contributed by atoms with E-state index in [4.69, 9.17) is 11.6 Å². The first-order valence-corrected chi connectivity index (χ1v) is 7.14. The molecule has 0 aliphatic heterocycles. The number of rotatable bonds is 6. The Morgan fingerprint density at radius 1 is 1.39 bits per heavy atom. The fourth-order valence-corrected chi connectivity index (χ4v) is 2.87. The van der Waals surface area contributed by atoms with Gasteiger partial charge in [0.1, 0.15) is 4.90 Å². The van der Waals surface area contributed by atoms with Gasteiger partial charge in [-0.25, -0.2) is 13.1 Å². The molecule has 0 radical (unpaired) electrons. The Morgan fingerprint density at radius 3 is 2.67 bits per heavy atom. The highest BCUT2D eigenvalue weighted by Crippen LogP contribution is 2.19. The van der Waals surface area contributed by atoms with Crippen LogP contribution in [0.25, 0.3) is 0 Å². The van der Waals surface area contributed by atoms with Crippen LogP contribution in [0.1, 0.15) is 12.8 Å². The van der Waals surface area contributed by atoms with Crippen LogP contribution in [0.3, 0.4) is 0 Å². The zero-order chi connectivity index (χ0) is 13.6. The zero-order valence-electron chi connectivity index (χ0n) is 9.85. The smallest absolute Gasteiger partial charge is 0.305 e. The molecule has 0 amide bonds. The molecule has 100 valence electrons. The molecular weight excluding hydrogens is 278 g/mol. The average Bonchev–Trinajstić information content (AvgIpc) is 2.34. The van der Waals surface area contributed by atoms with Crippen LogP contribution in [-0.2, 0) is 19.6 Å². The molecule has 0 atom stereocenters. The molecule has 1 rings (SSSR count). The van der Waals surface area contributed by atoms with Crippen molar-refractivity contribution in [3.05, 3.63) is 29.3 Å². The van der Waals surface area contributed by atoms with Gasteiger partial charge in [0, 0.05) is 13.0 Å². The largest absolute Gasteiger partial charge is 0.469 e. The number of sulfonamides is 1. The molecule has 0 heterocycles. The van der Waals surface area contributed by atoms with E-state index in [1.165, 1.54) is 19.2 Å². The van der Waals surface area contributed by atoms with E-state index in [2.05, 4.69) is 9.46 Å². The van der Waals surface area contributed by atoms with Gasteiger partial charge in [-0.05, 0) is 18.6 Å². The van der Waals surface area contributed by atoms with Crippen LogP contribution < -0.4 is 4.72 Å². The molecule has 0 unspecified atom stereocenters. The molecule has 0 aliphatic rings. The lowest BCUT2D eigenvalue weighted by Crippen LogP contribution is -2.25. The van der Waals surface area contributed by atoms with Crippen molar-refractivity contribution in [3.63, 3.8) is 0 Å². The number of methoxy groups -OCH3 is 1. The van der Waals surface area contributed by atoms with E-state index in [0.717, 1.165) is 0 Å². The second-order valence-electron chi connectivity index (χ2n) is 3.51. The lowest BCUT2D eigenvalue weighted by atomic mass is 10.3. The van der Waals surface area contributed by atoms with Gasteiger partial charge in [-0.15, -0.1) is 0 Å². The second kappa shape index (κ2) is 6.72. The maximum Gasteiger partial charge on any atom is 0.305 e. The minimum Gasteiger partial charge on any atom is -0.469 e. The Hall–Kier alpha value is -1.11. The molecule has 18 heavy (non-hydrogen) atoms. The quantitative estimate of drug-likeness (QED) is 0.638. The van der Waals surface area contributed by atoms with Gasteiger partial charge >= 0.3 is 5.97 Å². The molecule has 7 heteroatoms. The van der Waals surface area contributed by atoms with Gasteiger partial charge in [0.05, 0.1) is 12.1 Å². The Morgan fingerprint density at radius 2 is 2.06 bits per heavy atom. The molecule has 0 fully saturated rings. The summed E-state index contributed by atoms with van der Waals surface area (Å²) in [6.45, 7) is 0.155. The van der Waals surface area contributed by atoms with Crippen molar-refractivity contribution in [2.45, 2.75) is 17.7 Å². The van der Waals surface area contributed by atoms with Crippen molar-refractivity contribution in [2.75, 3.05) is 13.7 Å². The topological polar surface area (TPSA) is 72.5 Å². The van der Waals surface area contributed by atoms with Gasteiger partial charge in [-0.1, -0.05) is 23.7 Å². The van der Waals surface area contributed by atoms with Crippen LogP contribution in [-0.4, -0.2) is 28.0 Å². The summed E-state index contributed by atoms with van der Waals surface area (Å²) >= 11 is 5.80. The number of hydrogen-bond acceptors (Lipinski definition) is 4. The standard InChI is InChI=1S/C11H14ClNO4S/c1-17-11(14)7-4-8-13-18(15,16)10-6-3-2-5-9(10)12/h2-3,5-6,13H,4,7-8H2,1H3. The van der Waals surface area contributed by atoms with Crippen LogP contribution in [0.4, 0.5) is 0 Å². The Balaban J connectivity index is 2.56. The molecule has 0 saturated carbocycles. The number of hydrogen-bond donors (Lipinski definition) is 1. The van der Waals surface area contributed by atoms with Crippen LogP contribution >= 0.6 is 11.6 Å². The number of carbonyl (C=O) groups excluding carboxylic acids is 1. The summed E-state index contributed by atoms with van der Waals surface area (Å²) in [7, 11) is -2.34.